The highest BCUT2D eigenvalue weighted by molar-refractivity contribution is 7.89. The van der Waals surface area contributed by atoms with Crippen molar-refractivity contribution in [1.82, 2.24) is 19.5 Å². The lowest BCUT2D eigenvalue weighted by molar-refractivity contribution is -0.122. The highest BCUT2D eigenvalue weighted by Crippen LogP contribution is 2.19. The molecule has 9 heteroatoms. The van der Waals surface area contributed by atoms with Crippen LogP contribution in [-0.4, -0.2) is 80.9 Å². The van der Waals surface area contributed by atoms with Gasteiger partial charge in [-0.25, -0.2) is 13.4 Å². The molecule has 1 fully saturated rings. The van der Waals surface area contributed by atoms with Crippen LogP contribution in [0.2, 0.25) is 0 Å². The molecule has 0 unspecified atom stereocenters. The quantitative estimate of drug-likeness (QED) is 0.653. The first-order valence-electron chi connectivity index (χ1n) is 9.98. The predicted octanol–water partition coefficient (Wildman–Crippen LogP) is 1.01. The van der Waals surface area contributed by atoms with Crippen LogP contribution in [-0.2, 0) is 14.8 Å². The molecule has 1 saturated heterocycles. The summed E-state index contributed by atoms with van der Waals surface area (Å²) >= 11 is 0. The van der Waals surface area contributed by atoms with Gasteiger partial charge < -0.3 is 10.2 Å². The van der Waals surface area contributed by atoms with Gasteiger partial charge in [-0.1, -0.05) is 27.7 Å². The van der Waals surface area contributed by atoms with E-state index < -0.39 is 10.0 Å². The van der Waals surface area contributed by atoms with Crippen molar-refractivity contribution >= 4 is 21.7 Å². The molecule has 0 saturated carbocycles. The molecular formula is C19H33N5O3S. The molecular weight excluding hydrogens is 378 g/mol. The number of amides is 1. The molecule has 28 heavy (non-hydrogen) atoms. The summed E-state index contributed by atoms with van der Waals surface area (Å²) in [6.07, 6.45) is 1.44. The molecule has 158 valence electrons. The average Bonchev–Trinajstić information content (AvgIpc) is 2.68. The number of anilines is 1. The molecule has 0 atom stereocenters. The van der Waals surface area contributed by atoms with E-state index in [4.69, 9.17) is 0 Å². The van der Waals surface area contributed by atoms with Gasteiger partial charge in [-0.3, -0.25) is 9.69 Å². The van der Waals surface area contributed by atoms with Gasteiger partial charge in [0.15, 0.2) is 0 Å². The molecule has 1 aliphatic heterocycles. The zero-order chi connectivity index (χ0) is 20.7. The number of hydrogen-bond donors (Lipinski definition) is 1. The van der Waals surface area contributed by atoms with Crippen molar-refractivity contribution in [2.24, 2.45) is 5.92 Å². The van der Waals surface area contributed by atoms with Gasteiger partial charge in [0, 0.05) is 52.0 Å². The summed E-state index contributed by atoms with van der Waals surface area (Å²) in [6.45, 7) is 12.8. The highest BCUT2D eigenvalue weighted by Gasteiger charge is 2.23. The smallest absolute Gasteiger partial charge is 0.244 e. The molecule has 2 heterocycles. The van der Waals surface area contributed by atoms with E-state index in [9.17, 15) is 13.2 Å². The number of nitrogens with one attached hydrogen (secondary N) is 1. The summed E-state index contributed by atoms with van der Waals surface area (Å²) in [5, 5.41) is 2.94. The van der Waals surface area contributed by atoms with Gasteiger partial charge in [-0.15, -0.1) is 0 Å². The van der Waals surface area contributed by atoms with E-state index >= 15 is 0 Å². The molecule has 0 bridgehead atoms. The highest BCUT2D eigenvalue weighted by atomic mass is 32.2. The second-order valence-corrected chi connectivity index (χ2v) is 9.34. The Morgan fingerprint density at radius 1 is 1.18 bits per heavy atom. The van der Waals surface area contributed by atoms with Crippen molar-refractivity contribution < 1.29 is 13.2 Å². The van der Waals surface area contributed by atoms with Crippen molar-refractivity contribution in [2.45, 2.75) is 32.6 Å². The zero-order valence-corrected chi connectivity index (χ0v) is 18.2. The molecule has 1 amide bonds. The topological polar surface area (TPSA) is 85.9 Å². The first-order valence-corrected chi connectivity index (χ1v) is 11.4. The normalized spacial score (nSPS) is 16.0. The fourth-order valence-corrected chi connectivity index (χ4v) is 4.54. The number of carbonyl (C=O) groups is 1. The van der Waals surface area contributed by atoms with Gasteiger partial charge in [-0.2, -0.15) is 4.31 Å². The van der Waals surface area contributed by atoms with E-state index in [1.807, 2.05) is 13.8 Å². The maximum Gasteiger partial charge on any atom is 0.244 e. The molecule has 0 spiro atoms. The Balaban J connectivity index is 1.90. The Hall–Kier alpha value is -1.71. The van der Waals surface area contributed by atoms with Gasteiger partial charge in [-0.05, 0) is 18.1 Å². The van der Waals surface area contributed by atoms with Crippen molar-refractivity contribution in [3.05, 3.63) is 18.3 Å². The molecule has 8 nitrogen and oxygen atoms in total. The van der Waals surface area contributed by atoms with Gasteiger partial charge in [0.25, 0.3) is 0 Å². The van der Waals surface area contributed by atoms with E-state index in [-0.39, 0.29) is 10.8 Å². The third kappa shape index (κ3) is 5.89. The second kappa shape index (κ2) is 10.2. The summed E-state index contributed by atoms with van der Waals surface area (Å²) < 4.78 is 26.5. The molecule has 1 aromatic rings. The van der Waals surface area contributed by atoms with Gasteiger partial charge in [0.05, 0.1) is 6.54 Å². The Kier molecular flexibility index (Phi) is 8.21. The molecule has 2 rings (SSSR count). The number of pyridine rings is 1. The van der Waals surface area contributed by atoms with Crippen molar-refractivity contribution in [1.29, 1.82) is 0 Å². The Morgan fingerprint density at radius 3 is 2.32 bits per heavy atom. The van der Waals surface area contributed by atoms with Crippen LogP contribution in [0.15, 0.2) is 23.2 Å². The van der Waals surface area contributed by atoms with Crippen LogP contribution < -0.4 is 10.2 Å². The predicted molar refractivity (Wildman–Crippen MR) is 111 cm³/mol. The molecule has 1 N–H and O–H groups in total. The standard InChI is InChI=1S/C19H33N5O3S/c1-5-24(6-2)28(26,27)17-7-8-18(20-14-17)23-11-9-22(10-12-23)15-19(25)21-13-16(3)4/h7-8,14,16H,5-6,9-13,15H2,1-4H3,(H,21,25). The number of nitrogens with zero attached hydrogens (tertiary/aromatic N) is 4. The number of rotatable bonds is 9. The van der Waals surface area contributed by atoms with Gasteiger partial charge >= 0.3 is 0 Å². The maximum atomic E-state index is 12.6. The molecule has 1 aromatic heterocycles. The van der Waals surface area contributed by atoms with Crippen molar-refractivity contribution in [3.8, 4) is 0 Å². The van der Waals surface area contributed by atoms with Crippen molar-refractivity contribution in [3.63, 3.8) is 0 Å². The van der Waals surface area contributed by atoms with E-state index in [0.29, 0.717) is 32.1 Å². The largest absolute Gasteiger partial charge is 0.355 e. The Labute approximate surface area is 169 Å². The van der Waals surface area contributed by atoms with E-state index in [1.165, 1.54) is 10.5 Å². The first kappa shape index (κ1) is 22.6. The first-order chi connectivity index (χ1) is 13.3. The number of hydrogen-bond acceptors (Lipinski definition) is 6. The fraction of sp³-hybridized carbons (Fsp3) is 0.684. The van der Waals surface area contributed by atoms with Crippen LogP contribution in [0.4, 0.5) is 5.82 Å². The van der Waals surface area contributed by atoms with Crippen LogP contribution in [0.25, 0.3) is 0 Å². The van der Waals surface area contributed by atoms with Crippen LogP contribution in [0.3, 0.4) is 0 Å². The maximum absolute atomic E-state index is 12.6. The minimum absolute atomic E-state index is 0.0613. The molecule has 1 aliphatic rings. The zero-order valence-electron chi connectivity index (χ0n) is 17.4. The summed E-state index contributed by atoms with van der Waals surface area (Å²) in [5.41, 5.74) is 0. The van der Waals surface area contributed by atoms with Crippen LogP contribution >= 0.6 is 0 Å². The Morgan fingerprint density at radius 2 is 1.82 bits per heavy atom. The third-order valence-corrected chi connectivity index (χ3v) is 6.87. The number of sulfonamides is 1. The minimum atomic E-state index is -3.48. The Bertz CT molecular complexity index is 724. The monoisotopic (exact) mass is 411 g/mol. The number of piperazine rings is 1. The summed E-state index contributed by atoms with van der Waals surface area (Å²) in [4.78, 5) is 20.8. The SMILES string of the molecule is CCN(CC)S(=O)(=O)c1ccc(N2CCN(CC(=O)NCC(C)C)CC2)nc1. The van der Waals surface area contributed by atoms with Gasteiger partial charge in [0.1, 0.15) is 10.7 Å². The average molecular weight is 412 g/mol. The summed E-state index contributed by atoms with van der Waals surface area (Å²) in [7, 11) is -3.48. The lowest BCUT2D eigenvalue weighted by Gasteiger charge is -2.35. The van der Waals surface area contributed by atoms with Crippen molar-refractivity contribution in [2.75, 3.05) is 57.3 Å². The molecule has 0 radical (unpaired) electrons. The van der Waals surface area contributed by atoms with E-state index in [2.05, 4.69) is 33.9 Å². The molecule has 0 aromatic carbocycles. The number of aromatic nitrogens is 1. The fourth-order valence-electron chi connectivity index (χ4n) is 3.14. The number of carbonyl (C=O) groups excluding carboxylic acids is 1. The molecule has 0 aliphatic carbocycles. The lowest BCUT2D eigenvalue weighted by atomic mass is 10.2. The summed E-state index contributed by atoms with van der Waals surface area (Å²) in [5.74, 6) is 1.27. The van der Waals surface area contributed by atoms with Crippen LogP contribution in [0.1, 0.15) is 27.7 Å². The van der Waals surface area contributed by atoms with E-state index in [0.717, 1.165) is 32.0 Å². The summed E-state index contributed by atoms with van der Waals surface area (Å²) in [6, 6.07) is 3.39. The van der Waals surface area contributed by atoms with Gasteiger partial charge in [0.2, 0.25) is 15.9 Å². The minimum Gasteiger partial charge on any atom is -0.355 e. The van der Waals surface area contributed by atoms with Crippen LogP contribution in [0.5, 0.6) is 0 Å². The van der Waals surface area contributed by atoms with Crippen LogP contribution in [0, 0.1) is 5.92 Å². The van der Waals surface area contributed by atoms with E-state index in [1.54, 1.807) is 12.1 Å². The second-order valence-electron chi connectivity index (χ2n) is 7.40. The lowest BCUT2D eigenvalue weighted by Crippen LogP contribution is -2.50. The third-order valence-electron chi connectivity index (χ3n) is 4.83.